The smallest absolute Gasteiger partial charge is 0.248 e. The fourth-order valence-electron chi connectivity index (χ4n) is 1.89. The maximum Gasteiger partial charge on any atom is 0.248 e. The van der Waals surface area contributed by atoms with Crippen LogP contribution in [0.5, 0.6) is 0 Å². The first-order chi connectivity index (χ1) is 9.54. The molecule has 0 aromatic carbocycles. The molecule has 0 radical (unpaired) electrons. The molecule has 20 heavy (non-hydrogen) atoms. The largest absolute Gasteiger partial charge is 0.370 e. The van der Waals surface area contributed by atoms with Crippen molar-refractivity contribution in [1.29, 1.82) is 0 Å². The highest BCUT2D eigenvalue weighted by atomic mass is 16.1. The van der Waals surface area contributed by atoms with E-state index >= 15 is 0 Å². The number of rotatable bonds is 5. The highest BCUT2D eigenvalue weighted by Crippen LogP contribution is 2.06. The third-order valence-corrected chi connectivity index (χ3v) is 2.73. The summed E-state index contributed by atoms with van der Waals surface area (Å²) in [6.45, 7) is 4.53. The zero-order valence-electron chi connectivity index (χ0n) is 11.6. The van der Waals surface area contributed by atoms with E-state index in [0.717, 1.165) is 17.2 Å². The Morgan fingerprint density at radius 2 is 1.95 bits per heavy atom. The normalized spacial score (nSPS) is 10.3. The van der Waals surface area contributed by atoms with Gasteiger partial charge in [-0.1, -0.05) is 0 Å². The molecule has 0 saturated heterocycles. The number of primary amides is 1. The average molecular weight is 271 g/mol. The lowest BCUT2D eigenvalue weighted by atomic mass is 10.2. The van der Waals surface area contributed by atoms with Crippen LogP contribution >= 0.6 is 0 Å². The molecule has 2 heterocycles. The van der Waals surface area contributed by atoms with Crippen LogP contribution in [0.15, 0.2) is 24.4 Å². The zero-order valence-corrected chi connectivity index (χ0v) is 11.6. The van der Waals surface area contributed by atoms with Gasteiger partial charge in [-0.05, 0) is 32.0 Å². The fraction of sp³-hybridized carbons (Fsp3) is 0.286. The first-order valence-electron chi connectivity index (χ1n) is 6.35. The predicted molar refractivity (Wildman–Crippen MR) is 76.5 cm³/mol. The van der Waals surface area contributed by atoms with E-state index in [4.69, 9.17) is 5.73 Å². The second-order valence-electron chi connectivity index (χ2n) is 4.54. The molecule has 0 saturated carbocycles. The summed E-state index contributed by atoms with van der Waals surface area (Å²) in [7, 11) is 0. The Morgan fingerprint density at radius 1 is 1.25 bits per heavy atom. The van der Waals surface area contributed by atoms with Gasteiger partial charge in [0.25, 0.3) is 0 Å². The van der Waals surface area contributed by atoms with Crippen molar-refractivity contribution < 1.29 is 4.79 Å². The number of pyridine rings is 1. The lowest BCUT2D eigenvalue weighted by Gasteiger charge is -2.06. The summed E-state index contributed by atoms with van der Waals surface area (Å²) in [4.78, 5) is 23.9. The summed E-state index contributed by atoms with van der Waals surface area (Å²) in [6.07, 6.45) is 2.24. The number of anilines is 1. The lowest BCUT2D eigenvalue weighted by molar-refractivity contribution is 0.1000. The number of nitrogens with two attached hydrogens (primary N) is 1. The van der Waals surface area contributed by atoms with Crippen molar-refractivity contribution in [2.24, 2.45) is 5.73 Å². The van der Waals surface area contributed by atoms with Gasteiger partial charge in [-0.3, -0.25) is 4.79 Å². The van der Waals surface area contributed by atoms with Gasteiger partial charge in [0.1, 0.15) is 11.6 Å². The monoisotopic (exact) mass is 271 g/mol. The molecule has 0 fully saturated rings. The number of nitrogens with one attached hydrogen (secondary N) is 1. The molecule has 2 aromatic rings. The van der Waals surface area contributed by atoms with Crippen LogP contribution in [0.2, 0.25) is 0 Å². The molecule has 104 valence electrons. The number of hydrogen-bond donors (Lipinski definition) is 2. The molecule has 0 bridgehead atoms. The average Bonchev–Trinajstić information content (AvgIpc) is 2.38. The molecule has 2 aromatic heterocycles. The number of nitrogens with zero attached hydrogens (tertiary/aromatic N) is 3. The van der Waals surface area contributed by atoms with E-state index in [2.05, 4.69) is 20.3 Å². The van der Waals surface area contributed by atoms with Gasteiger partial charge in [0.15, 0.2) is 0 Å². The van der Waals surface area contributed by atoms with Crippen LogP contribution in [0.25, 0.3) is 0 Å². The van der Waals surface area contributed by atoms with Crippen molar-refractivity contribution in [1.82, 2.24) is 15.0 Å². The van der Waals surface area contributed by atoms with Crippen LogP contribution in [0, 0.1) is 13.8 Å². The molecular formula is C14H17N5O. The molecule has 6 heteroatoms. The van der Waals surface area contributed by atoms with Gasteiger partial charge in [0.2, 0.25) is 5.91 Å². The summed E-state index contributed by atoms with van der Waals surface area (Å²) in [5.74, 6) is 0.944. The van der Waals surface area contributed by atoms with E-state index in [1.165, 1.54) is 0 Å². The number of carbonyl (C=O) groups excluding carboxylic acids is 1. The number of amides is 1. The molecular weight excluding hydrogens is 254 g/mol. The Morgan fingerprint density at radius 3 is 2.60 bits per heavy atom. The van der Waals surface area contributed by atoms with Crippen molar-refractivity contribution in [3.63, 3.8) is 0 Å². The number of hydrogen-bond acceptors (Lipinski definition) is 5. The third-order valence-electron chi connectivity index (χ3n) is 2.73. The molecule has 0 atom stereocenters. The van der Waals surface area contributed by atoms with Gasteiger partial charge in [0.05, 0.1) is 0 Å². The summed E-state index contributed by atoms with van der Waals surface area (Å²) >= 11 is 0. The number of carbonyl (C=O) groups is 1. The molecule has 0 aliphatic heterocycles. The fourth-order valence-corrected chi connectivity index (χ4v) is 1.89. The Kier molecular flexibility index (Phi) is 4.24. The van der Waals surface area contributed by atoms with Gasteiger partial charge in [-0.15, -0.1) is 0 Å². The van der Waals surface area contributed by atoms with Gasteiger partial charge < -0.3 is 11.1 Å². The first kappa shape index (κ1) is 13.9. The van der Waals surface area contributed by atoms with E-state index in [1.807, 2.05) is 19.9 Å². The molecule has 6 nitrogen and oxygen atoms in total. The zero-order chi connectivity index (χ0) is 14.5. The van der Waals surface area contributed by atoms with Crippen molar-refractivity contribution in [2.45, 2.75) is 20.3 Å². The Labute approximate surface area is 117 Å². The van der Waals surface area contributed by atoms with E-state index < -0.39 is 5.91 Å². The SMILES string of the molecule is Cc1cc(C)nc(CCNc2cc(C(N)=O)ccn2)n1. The van der Waals surface area contributed by atoms with Gasteiger partial charge in [0, 0.05) is 36.1 Å². The second kappa shape index (κ2) is 6.10. The number of aromatic nitrogens is 3. The van der Waals surface area contributed by atoms with E-state index in [9.17, 15) is 4.79 Å². The van der Waals surface area contributed by atoms with Crippen LogP contribution in [0.4, 0.5) is 5.82 Å². The van der Waals surface area contributed by atoms with Crippen molar-refractivity contribution in [3.8, 4) is 0 Å². The molecule has 2 rings (SSSR count). The Bertz CT molecular complexity index is 606. The molecule has 0 unspecified atom stereocenters. The minimum absolute atomic E-state index is 0.435. The summed E-state index contributed by atoms with van der Waals surface area (Å²) in [5.41, 5.74) is 7.58. The second-order valence-corrected chi connectivity index (χ2v) is 4.54. The van der Waals surface area contributed by atoms with Crippen molar-refractivity contribution in [2.75, 3.05) is 11.9 Å². The predicted octanol–water partition coefficient (Wildman–Crippen LogP) is 1.24. The maximum atomic E-state index is 11.1. The van der Waals surface area contributed by atoms with Crippen LogP contribution in [0.3, 0.4) is 0 Å². The van der Waals surface area contributed by atoms with E-state index in [1.54, 1.807) is 18.3 Å². The van der Waals surface area contributed by atoms with Gasteiger partial charge in [-0.25, -0.2) is 15.0 Å². The minimum atomic E-state index is -0.465. The maximum absolute atomic E-state index is 11.1. The Hall–Kier alpha value is -2.50. The quantitative estimate of drug-likeness (QED) is 0.853. The molecule has 3 N–H and O–H groups in total. The van der Waals surface area contributed by atoms with Gasteiger partial charge >= 0.3 is 0 Å². The molecule has 0 aliphatic rings. The highest BCUT2D eigenvalue weighted by molar-refractivity contribution is 5.93. The van der Waals surface area contributed by atoms with Crippen LogP contribution in [-0.2, 0) is 6.42 Å². The Balaban J connectivity index is 1.95. The lowest BCUT2D eigenvalue weighted by Crippen LogP contribution is -2.13. The molecule has 1 amide bonds. The summed E-state index contributed by atoms with van der Waals surface area (Å²) < 4.78 is 0. The molecule has 0 aliphatic carbocycles. The third kappa shape index (κ3) is 3.74. The first-order valence-corrected chi connectivity index (χ1v) is 6.35. The van der Waals surface area contributed by atoms with Crippen molar-refractivity contribution >= 4 is 11.7 Å². The topological polar surface area (TPSA) is 93.8 Å². The van der Waals surface area contributed by atoms with Crippen LogP contribution < -0.4 is 11.1 Å². The van der Waals surface area contributed by atoms with Crippen molar-refractivity contribution in [3.05, 3.63) is 47.2 Å². The standard InChI is InChI=1S/C14H17N5O/c1-9-7-10(2)19-12(18-9)4-6-17-13-8-11(14(15)20)3-5-16-13/h3,5,7-8H,4,6H2,1-2H3,(H2,15,20)(H,16,17). The summed E-state index contributed by atoms with van der Waals surface area (Å²) in [5, 5.41) is 3.13. The van der Waals surface area contributed by atoms with E-state index in [-0.39, 0.29) is 0 Å². The molecule has 0 spiro atoms. The van der Waals surface area contributed by atoms with Crippen LogP contribution in [0.1, 0.15) is 27.6 Å². The van der Waals surface area contributed by atoms with E-state index in [0.29, 0.717) is 24.3 Å². The summed E-state index contributed by atoms with van der Waals surface area (Å²) in [6, 6.07) is 5.15. The minimum Gasteiger partial charge on any atom is -0.370 e. The van der Waals surface area contributed by atoms with Crippen LogP contribution in [-0.4, -0.2) is 27.4 Å². The highest BCUT2D eigenvalue weighted by Gasteiger charge is 2.03. The van der Waals surface area contributed by atoms with Gasteiger partial charge in [-0.2, -0.15) is 0 Å². The number of aryl methyl sites for hydroxylation is 2.